The minimum Gasteiger partial charge on any atom is -0.497 e. The number of benzene rings is 2. The van der Waals surface area contributed by atoms with E-state index in [0.717, 1.165) is 0 Å². The minimum absolute atomic E-state index is 0.0175. The number of rotatable bonds is 9. The molecule has 31 heavy (non-hydrogen) atoms. The summed E-state index contributed by atoms with van der Waals surface area (Å²) in [6.45, 7) is 4.52. The second kappa shape index (κ2) is 9.81. The number of hydrogen-bond donors (Lipinski definition) is 1. The molecule has 162 valence electrons. The van der Waals surface area contributed by atoms with Gasteiger partial charge in [-0.15, -0.1) is 10.2 Å². The van der Waals surface area contributed by atoms with E-state index < -0.39 is 4.92 Å². The molecule has 0 radical (unpaired) electrons. The van der Waals surface area contributed by atoms with Crippen LogP contribution < -0.4 is 10.1 Å². The highest BCUT2D eigenvalue weighted by Gasteiger charge is 2.23. The van der Waals surface area contributed by atoms with E-state index in [1.807, 2.05) is 18.7 Å². The maximum atomic E-state index is 12.5. The van der Waals surface area contributed by atoms with Gasteiger partial charge >= 0.3 is 0 Å². The predicted octanol–water partition coefficient (Wildman–Crippen LogP) is 3.68. The molecule has 1 amide bonds. The first-order valence-electron chi connectivity index (χ1n) is 9.67. The molecule has 1 aromatic heterocycles. The molecule has 1 unspecified atom stereocenters. The van der Waals surface area contributed by atoms with Crippen molar-refractivity contribution >= 4 is 17.3 Å². The molecule has 0 aliphatic heterocycles. The minimum atomic E-state index is -0.471. The second-order valence-corrected chi connectivity index (χ2v) is 6.77. The van der Waals surface area contributed by atoms with E-state index in [-0.39, 0.29) is 30.1 Å². The Morgan fingerprint density at radius 3 is 2.65 bits per heavy atom. The molecule has 0 aliphatic carbocycles. The quantitative estimate of drug-likeness (QED) is 0.407. The van der Waals surface area contributed by atoms with E-state index in [1.54, 1.807) is 43.5 Å². The Labute approximate surface area is 179 Å². The van der Waals surface area contributed by atoms with Gasteiger partial charge in [-0.05, 0) is 37.7 Å². The summed E-state index contributed by atoms with van der Waals surface area (Å²) >= 11 is 0. The molecule has 0 saturated carbocycles. The number of hydrogen-bond acceptors (Lipinski definition) is 8. The fourth-order valence-corrected chi connectivity index (χ4v) is 3.01. The normalized spacial score (nSPS) is 11.9. The molecular formula is C21H23N5O5. The summed E-state index contributed by atoms with van der Waals surface area (Å²) < 4.78 is 10.9. The fraction of sp³-hybridized carbons (Fsp3) is 0.286. The van der Waals surface area contributed by atoms with Crippen molar-refractivity contribution in [3.05, 3.63) is 64.5 Å². The van der Waals surface area contributed by atoms with E-state index in [0.29, 0.717) is 29.4 Å². The molecular weight excluding hydrogens is 402 g/mol. The van der Waals surface area contributed by atoms with Crippen LogP contribution in [0.2, 0.25) is 0 Å². The van der Waals surface area contributed by atoms with Gasteiger partial charge in [0.25, 0.3) is 5.69 Å². The Morgan fingerprint density at radius 1 is 1.26 bits per heavy atom. The molecule has 0 saturated heterocycles. The van der Waals surface area contributed by atoms with Gasteiger partial charge < -0.3 is 14.5 Å². The number of nitro groups is 1. The van der Waals surface area contributed by atoms with Crippen molar-refractivity contribution in [3.63, 3.8) is 0 Å². The Morgan fingerprint density at radius 2 is 2.00 bits per heavy atom. The average molecular weight is 425 g/mol. The molecule has 0 spiro atoms. The van der Waals surface area contributed by atoms with Crippen molar-refractivity contribution in [3.8, 4) is 17.2 Å². The number of ether oxygens (including phenoxy) is 1. The first-order valence-corrected chi connectivity index (χ1v) is 9.67. The first kappa shape index (κ1) is 21.9. The highest BCUT2D eigenvalue weighted by molar-refractivity contribution is 5.92. The molecule has 0 fully saturated rings. The molecule has 0 aliphatic rings. The number of amides is 1. The van der Waals surface area contributed by atoms with E-state index >= 15 is 0 Å². The number of non-ortho nitro benzene ring substituents is 1. The number of carbonyl (C=O) groups is 1. The van der Waals surface area contributed by atoms with Crippen molar-refractivity contribution in [1.29, 1.82) is 0 Å². The number of likely N-dealkylation sites (N-methyl/N-ethyl adjacent to an activating group) is 1. The van der Waals surface area contributed by atoms with Gasteiger partial charge in [0.1, 0.15) is 5.75 Å². The van der Waals surface area contributed by atoms with Gasteiger partial charge in [0.15, 0.2) is 0 Å². The third-order valence-corrected chi connectivity index (χ3v) is 4.78. The molecule has 1 heterocycles. The van der Waals surface area contributed by atoms with Gasteiger partial charge in [-0.3, -0.25) is 19.8 Å². The Balaban J connectivity index is 1.66. The largest absolute Gasteiger partial charge is 0.497 e. The molecule has 10 nitrogen and oxygen atoms in total. The van der Waals surface area contributed by atoms with Crippen LogP contribution in [-0.4, -0.2) is 46.1 Å². The third kappa shape index (κ3) is 5.43. The summed E-state index contributed by atoms with van der Waals surface area (Å²) in [5.74, 6) is 1.08. The van der Waals surface area contributed by atoms with Crippen molar-refractivity contribution in [2.75, 3.05) is 25.5 Å². The summed E-state index contributed by atoms with van der Waals surface area (Å²) in [6, 6.07) is 12.7. The van der Waals surface area contributed by atoms with E-state index in [4.69, 9.17) is 9.15 Å². The molecule has 3 aromatic rings. The number of nitro benzene ring substituents is 1. The van der Waals surface area contributed by atoms with Crippen molar-refractivity contribution in [2.45, 2.75) is 19.9 Å². The van der Waals surface area contributed by atoms with Crippen LogP contribution in [0.5, 0.6) is 5.75 Å². The van der Waals surface area contributed by atoms with Crippen LogP contribution in [-0.2, 0) is 4.79 Å². The van der Waals surface area contributed by atoms with Crippen molar-refractivity contribution in [1.82, 2.24) is 15.1 Å². The lowest BCUT2D eigenvalue weighted by molar-refractivity contribution is -0.384. The van der Waals surface area contributed by atoms with Crippen molar-refractivity contribution in [2.24, 2.45) is 0 Å². The van der Waals surface area contributed by atoms with E-state index in [2.05, 4.69) is 15.5 Å². The summed E-state index contributed by atoms with van der Waals surface area (Å²) in [4.78, 5) is 24.7. The molecule has 3 rings (SSSR count). The molecule has 0 bridgehead atoms. The maximum absolute atomic E-state index is 12.5. The zero-order valence-corrected chi connectivity index (χ0v) is 17.4. The summed E-state index contributed by atoms with van der Waals surface area (Å²) in [7, 11) is 1.57. The van der Waals surface area contributed by atoms with Gasteiger partial charge in [0.2, 0.25) is 17.7 Å². The van der Waals surface area contributed by atoms with Crippen LogP contribution in [0.25, 0.3) is 11.5 Å². The van der Waals surface area contributed by atoms with Crippen LogP contribution in [0.3, 0.4) is 0 Å². The van der Waals surface area contributed by atoms with Gasteiger partial charge in [0, 0.05) is 29.4 Å². The average Bonchev–Trinajstić information content (AvgIpc) is 3.27. The predicted molar refractivity (Wildman–Crippen MR) is 114 cm³/mol. The zero-order valence-electron chi connectivity index (χ0n) is 17.4. The number of nitrogens with one attached hydrogen (secondary N) is 1. The Kier molecular flexibility index (Phi) is 6.93. The van der Waals surface area contributed by atoms with Crippen LogP contribution in [0.4, 0.5) is 11.4 Å². The summed E-state index contributed by atoms with van der Waals surface area (Å²) in [5.41, 5.74) is 1.21. The number of anilines is 1. The van der Waals surface area contributed by atoms with Crippen LogP contribution in [0.1, 0.15) is 25.8 Å². The lowest BCUT2D eigenvalue weighted by Crippen LogP contribution is -2.35. The zero-order chi connectivity index (χ0) is 22.4. The Hall–Kier alpha value is -3.79. The van der Waals surface area contributed by atoms with Gasteiger partial charge in [-0.25, -0.2) is 0 Å². The number of aromatic nitrogens is 2. The fourth-order valence-electron chi connectivity index (χ4n) is 3.01. The third-order valence-electron chi connectivity index (χ3n) is 4.78. The molecule has 1 atom stereocenters. The molecule has 1 N–H and O–H groups in total. The lowest BCUT2D eigenvalue weighted by atomic mass is 10.2. The van der Waals surface area contributed by atoms with Gasteiger partial charge in [0.05, 0.1) is 24.6 Å². The number of nitrogens with zero attached hydrogens (tertiary/aromatic N) is 4. The topological polar surface area (TPSA) is 124 Å². The maximum Gasteiger partial charge on any atom is 0.269 e. The number of methoxy groups -OCH3 is 1. The smallest absolute Gasteiger partial charge is 0.269 e. The number of carbonyl (C=O) groups excluding carboxylic acids is 1. The van der Waals surface area contributed by atoms with Gasteiger partial charge in [-0.1, -0.05) is 13.0 Å². The Bertz CT molecular complexity index is 1050. The highest BCUT2D eigenvalue weighted by Crippen LogP contribution is 2.25. The standard InChI is InChI=1S/C21H23N5O5/c1-4-25(13-19(27)22-16-6-5-7-18(12-16)30-3)14(2)20-23-24-21(31-20)15-8-10-17(11-9-15)26(28)29/h5-12,14H,4,13H2,1-3H3,(H,22,27). The summed E-state index contributed by atoms with van der Waals surface area (Å²) in [5, 5.41) is 21.8. The van der Waals surface area contributed by atoms with E-state index in [9.17, 15) is 14.9 Å². The monoisotopic (exact) mass is 425 g/mol. The molecule has 2 aromatic carbocycles. The lowest BCUT2D eigenvalue weighted by Gasteiger charge is -2.24. The second-order valence-electron chi connectivity index (χ2n) is 6.77. The first-order chi connectivity index (χ1) is 14.9. The van der Waals surface area contributed by atoms with Crippen LogP contribution in [0, 0.1) is 10.1 Å². The highest BCUT2D eigenvalue weighted by atomic mass is 16.6. The van der Waals surface area contributed by atoms with Crippen LogP contribution >= 0.6 is 0 Å². The van der Waals surface area contributed by atoms with Gasteiger partial charge in [-0.2, -0.15) is 0 Å². The van der Waals surface area contributed by atoms with E-state index in [1.165, 1.54) is 12.1 Å². The summed E-state index contributed by atoms with van der Waals surface area (Å²) in [6.07, 6.45) is 0. The van der Waals surface area contributed by atoms with Crippen LogP contribution in [0.15, 0.2) is 52.9 Å². The SMILES string of the molecule is CCN(CC(=O)Nc1cccc(OC)c1)C(C)c1nnc(-c2ccc([N+](=O)[O-])cc2)o1. The van der Waals surface area contributed by atoms with Crippen molar-refractivity contribution < 1.29 is 18.9 Å². The molecule has 10 heteroatoms.